The molecule has 0 heterocycles. The predicted molar refractivity (Wildman–Crippen MR) is 137 cm³/mol. The molecule has 2 aromatic carbocycles. The van der Waals surface area contributed by atoms with Gasteiger partial charge in [0.05, 0.1) is 5.69 Å². The molecule has 0 saturated heterocycles. The average molecular weight is 543 g/mol. The quantitative estimate of drug-likeness (QED) is 0.104. The van der Waals surface area contributed by atoms with Crippen LogP contribution in [0.2, 0.25) is 0 Å². The number of aromatic hydroxyl groups is 2. The Morgan fingerprint density at radius 2 is 1.36 bits per heavy atom. The van der Waals surface area contributed by atoms with Gasteiger partial charge in [-0.25, -0.2) is 0 Å². The van der Waals surface area contributed by atoms with Crippen LogP contribution in [0.4, 0.5) is 5.69 Å². The van der Waals surface area contributed by atoms with Gasteiger partial charge in [-0.1, -0.05) is 38.5 Å². The van der Waals surface area contributed by atoms with E-state index in [-0.39, 0.29) is 48.3 Å². The van der Waals surface area contributed by atoms with Gasteiger partial charge in [0.1, 0.15) is 11.5 Å². The third kappa shape index (κ3) is 8.44. The van der Waals surface area contributed by atoms with Gasteiger partial charge in [0.15, 0.2) is 5.40 Å². The van der Waals surface area contributed by atoms with Crippen LogP contribution < -0.4 is 5.32 Å². The zero-order valence-electron chi connectivity index (χ0n) is 20.3. The minimum atomic E-state index is -4.99. The summed E-state index contributed by atoms with van der Waals surface area (Å²) in [5.74, 6) is -0.115. The van der Waals surface area contributed by atoms with Crippen molar-refractivity contribution in [3.63, 3.8) is 0 Å². The number of carbonyl (C=O) groups excluding carboxylic acids is 1. The second-order valence-corrected chi connectivity index (χ2v) is 12.9. The first-order valence-electron chi connectivity index (χ1n) is 11.8. The van der Waals surface area contributed by atoms with Crippen LogP contribution in [0, 0.1) is 0 Å². The van der Waals surface area contributed by atoms with Gasteiger partial charge in [0, 0.05) is 6.42 Å². The lowest BCUT2D eigenvalue weighted by molar-refractivity contribution is -0.116. The Bertz CT molecular complexity index is 1090. The van der Waals surface area contributed by atoms with E-state index < -0.39 is 32.9 Å². The smallest absolute Gasteiger partial charge is 0.340 e. The minimum absolute atomic E-state index is 0.0308. The lowest BCUT2D eigenvalue weighted by Gasteiger charge is -2.27. The first-order valence-corrected chi connectivity index (χ1v) is 15.2. The van der Waals surface area contributed by atoms with Crippen LogP contribution >= 0.6 is 15.2 Å². The van der Waals surface area contributed by atoms with E-state index in [1.54, 1.807) is 18.2 Å². The molecular formula is C24H35NO9P2. The predicted octanol–water partition coefficient (Wildman–Crippen LogP) is 4.97. The lowest BCUT2D eigenvalue weighted by atomic mass is 9.78. The van der Waals surface area contributed by atoms with Crippen LogP contribution in [0.1, 0.15) is 75.3 Å². The number of hydrogen-bond donors (Lipinski definition) is 7. The molecule has 36 heavy (non-hydrogen) atoms. The largest absolute Gasteiger partial charge is 0.508 e. The molecule has 2 atom stereocenters. The second kappa shape index (κ2) is 12.9. The van der Waals surface area contributed by atoms with Gasteiger partial charge in [-0.2, -0.15) is 0 Å². The topological polar surface area (TPSA) is 185 Å². The fraction of sp³-hybridized carbons (Fsp3) is 0.458. The summed E-state index contributed by atoms with van der Waals surface area (Å²) >= 11 is 0. The number of phenols is 2. The van der Waals surface area contributed by atoms with Crippen LogP contribution in [-0.2, 0) is 13.9 Å². The van der Waals surface area contributed by atoms with Crippen molar-refractivity contribution in [3.8, 4) is 11.5 Å². The Kier molecular flexibility index (Phi) is 10.7. The molecule has 2 rings (SSSR count). The number of anilines is 1. The normalized spacial score (nSPS) is 14.0. The maximum absolute atomic E-state index is 12.4. The van der Waals surface area contributed by atoms with Crippen molar-refractivity contribution in [3.05, 3.63) is 53.6 Å². The van der Waals surface area contributed by atoms with Gasteiger partial charge < -0.3 is 35.1 Å². The summed E-state index contributed by atoms with van der Waals surface area (Å²) in [5.41, 5.74) is 2.24. The molecule has 0 radical (unpaired) electrons. The third-order valence-electron chi connectivity index (χ3n) is 6.30. The SMILES string of the molecule is CCC(c1ccc(O)cc1)C(CC)c1ccc(O)c(NC(=O)CCCCC(P(=O)(O)O)P(=O)(O)O)c1. The number of benzene rings is 2. The molecule has 0 bridgehead atoms. The maximum atomic E-state index is 12.4. The van der Waals surface area contributed by atoms with E-state index in [0.717, 1.165) is 24.0 Å². The van der Waals surface area contributed by atoms with Gasteiger partial charge in [-0.3, -0.25) is 13.9 Å². The zero-order valence-corrected chi connectivity index (χ0v) is 22.1. The molecular weight excluding hydrogens is 508 g/mol. The molecule has 0 aliphatic rings. The van der Waals surface area contributed by atoms with E-state index in [1.165, 1.54) is 6.07 Å². The number of rotatable bonds is 13. The first-order chi connectivity index (χ1) is 16.8. The molecule has 0 aromatic heterocycles. The van der Waals surface area contributed by atoms with Crippen LogP contribution in [0.3, 0.4) is 0 Å². The molecule has 0 aliphatic carbocycles. The third-order valence-corrected chi connectivity index (χ3v) is 10.2. The van der Waals surface area contributed by atoms with Crippen LogP contribution in [0.15, 0.2) is 42.5 Å². The van der Waals surface area contributed by atoms with E-state index >= 15 is 0 Å². The number of unbranched alkanes of at least 4 members (excludes halogenated alkanes) is 1. The summed E-state index contributed by atoms with van der Waals surface area (Å²) < 4.78 is 22.7. The van der Waals surface area contributed by atoms with Crippen LogP contribution in [-0.4, -0.2) is 41.1 Å². The molecule has 10 nitrogen and oxygen atoms in total. The molecule has 0 fully saturated rings. The van der Waals surface area contributed by atoms with E-state index in [0.29, 0.717) is 0 Å². The number of phenolic OH excluding ortho intramolecular Hbond substituents is 2. The van der Waals surface area contributed by atoms with E-state index in [9.17, 15) is 43.7 Å². The van der Waals surface area contributed by atoms with Gasteiger partial charge >= 0.3 is 15.2 Å². The fourth-order valence-corrected chi connectivity index (χ4v) is 7.07. The highest BCUT2D eigenvalue weighted by Gasteiger charge is 2.42. The standard InChI is InChI=1S/C24H35NO9P2/c1-3-19(16-9-12-18(26)13-10-16)20(4-2)17-11-14-22(27)21(15-17)25-23(28)7-5-6-8-24(35(29,30)31)36(32,33)34/h9-15,19-20,24,26-27H,3-8H2,1-2H3,(H,25,28)(H2,29,30,31)(H2,32,33,34). The van der Waals surface area contributed by atoms with Gasteiger partial charge in [0.25, 0.3) is 0 Å². The molecule has 7 N–H and O–H groups in total. The maximum Gasteiger partial charge on any atom is 0.340 e. The van der Waals surface area contributed by atoms with Gasteiger partial charge in [-0.15, -0.1) is 0 Å². The summed E-state index contributed by atoms with van der Waals surface area (Å²) in [5, 5.41) is 20.5. The summed E-state index contributed by atoms with van der Waals surface area (Å²) in [7, 11) is -9.97. The average Bonchev–Trinajstić information content (AvgIpc) is 2.78. The number of nitrogens with one attached hydrogen (secondary N) is 1. The van der Waals surface area contributed by atoms with Crippen molar-refractivity contribution >= 4 is 26.8 Å². The Hall–Kier alpha value is -2.19. The molecule has 12 heteroatoms. The highest BCUT2D eigenvalue weighted by Crippen LogP contribution is 2.61. The van der Waals surface area contributed by atoms with Gasteiger partial charge in [-0.05, 0) is 72.9 Å². The van der Waals surface area contributed by atoms with Crippen molar-refractivity contribution in [1.82, 2.24) is 0 Å². The zero-order chi connectivity index (χ0) is 27.1. The minimum Gasteiger partial charge on any atom is -0.508 e. The summed E-state index contributed by atoms with van der Waals surface area (Å²) in [6.45, 7) is 4.13. The molecule has 0 spiro atoms. The molecule has 2 unspecified atom stereocenters. The van der Waals surface area contributed by atoms with Crippen LogP contribution in [0.25, 0.3) is 0 Å². The van der Waals surface area contributed by atoms with Gasteiger partial charge in [0.2, 0.25) is 5.91 Å². The van der Waals surface area contributed by atoms with Crippen molar-refractivity contribution in [2.45, 2.75) is 69.6 Å². The molecule has 1 amide bonds. The van der Waals surface area contributed by atoms with Crippen molar-refractivity contribution < 1.29 is 43.7 Å². The van der Waals surface area contributed by atoms with Crippen molar-refractivity contribution in [2.24, 2.45) is 0 Å². The molecule has 2 aromatic rings. The van der Waals surface area contributed by atoms with E-state index in [4.69, 9.17) is 0 Å². The summed E-state index contributed by atoms with van der Waals surface area (Å²) in [6.07, 6.45) is 1.35. The Labute approximate surface area is 210 Å². The second-order valence-electron chi connectivity index (χ2n) is 8.85. The monoisotopic (exact) mass is 543 g/mol. The highest BCUT2D eigenvalue weighted by atomic mass is 31.2. The fourth-order valence-electron chi connectivity index (χ4n) is 4.47. The van der Waals surface area contributed by atoms with Crippen LogP contribution in [0.5, 0.6) is 11.5 Å². The number of hydrogen-bond acceptors (Lipinski definition) is 5. The molecule has 200 valence electrons. The highest BCUT2D eigenvalue weighted by molar-refractivity contribution is 7.70. The summed E-state index contributed by atoms with van der Waals surface area (Å²) in [6, 6.07) is 12.1. The number of amides is 1. The Balaban J connectivity index is 2.07. The Morgan fingerprint density at radius 1 is 0.833 bits per heavy atom. The molecule has 0 saturated carbocycles. The number of carbonyl (C=O) groups is 1. The van der Waals surface area contributed by atoms with Crippen molar-refractivity contribution in [1.29, 1.82) is 0 Å². The van der Waals surface area contributed by atoms with Crippen molar-refractivity contribution in [2.75, 3.05) is 5.32 Å². The lowest BCUT2D eigenvalue weighted by Crippen LogP contribution is -2.14. The van der Waals surface area contributed by atoms with E-state index in [1.807, 2.05) is 18.2 Å². The first kappa shape index (κ1) is 30.0. The Morgan fingerprint density at radius 3 is 1.89 bits per heavy atom. The summed E-state index contributed by atoms with van der Waals surface area (Å²) in [4.78, 5) is 49.2. The van der Waals surface area contributed by atoms with E-state index in [2.05, 4.69) is 19.2 Å². The molecule has 0 aliphatic heterocycles.